The Balaban J connectivity index is 2.18. The van der Waals surface area contributed by atoms with Gasteiger partial charge in [0.2, 0.25) is 5.88 Å². The predicted octanol–water partition coefficient (Wildman–Crippen LogP) is 5.45. The van der Waals surface area contributed by atoms with Gasteiger partial charge < -0.3 is 10.3 Å². The van der Waals surface area contributed by atoms with Crippen molar-refractivity contribution in [2.75, 3.05) is 5.73 Å². The van der Waals surface area contributed by atoms with Gasteiger partial charge in [0.15, 0.2) is 0 Å². The zero-order valence-electron chi connectivity index (χ0n) is 12.0. The smallest absolute Gasteiger partial charge is 0.230 e. The molecule has 0 saturated heterocycles. The Kier molecular flexibility index (Phi) is 3.89. The second kappa shape index (κ2) is 5.54. The minimum absolute atomic E-state index is 0.0306. The van der Waals surface area contributed by atoms with Crippen LogP contribution < -0.4 is 5.73 Å². The average molecular weight is 325 g/mol. The van der Waals surface area contributed by atoms with Gasteiger partial charge in [0, 0.05) is 11.0 Å². The third kappa shape index (κ3) is 2.53. The zero-order valence-corrected chi connectivity index (χ0v) is 13.5. The van der Waals surface area contributed by atoms with Gasteiger partial charge in [-0.2, -0.15) is 0 Å². The summed E-state index contributed by atoms with van der Waals surface area (Å²) in [4.78, 5) is 0. The lowest BCUT2D eigenvalue weighted by Crippen LogP contribution is -2.26. The minimum atomic E-state index is -0.0306. The van der Waals surface area contributed by atoms with Crippen molar-refractivity contribution in [1.82, 2.24) is 5.16 Å². The van der Waals surface area contributed by atoms with E-state index >= 15 is 0 Å². The number of benzene rings is 1. The lowest BCUT2D eigenvalue weighted by molar-refractivity contribution is 0.295. The molecule has 2 N–H and O–H groups in total. The van der Waals surface area contributed by atoms with E-state index in [1.807, 2.05) is 18.2 Å². The summed E-state index contributed by atoms with van der Waals surface area (Å²) in [5.41, 5.74) is 8.37. The fourth-order valence-electron chi connectivity index (χ4n) is 3.26. The maximum absolute atomic E-state index is 6.34. The Hall–Kier alpha value is -1.19. The molecule has 1 heterocycles. The van der Waals surface area contributed by atoms with E-state index in [0.717, 1.165) is 29.7 Å². The zero-order chi connectivity index (χ0) is 15.0. The molecule has 0 spiro atoms. The first kappa shape index (κ1) is 14.7. The van der Waals surface area contributed by atoms with Gasteiger partial charge in [-0.3, -0.25) is 0 Å². The highest BCUT2D eigenvalue weighted by atomic mass is 35.5. The number of aromatic nitrogens is 1. The molecule has 0 radical (unpaired) electrons. The summed E-state index contributed by atoms with van der Waals surface area (Å²) in [6.45, 7) is 2.22. The molecule has 0 amide bonds. The summed E-state index contributed by atoms with van der Waals surface area (Å²) in [6.07, 6.45) is 5.81. The molecule has 1 saturated carbocycles. The fourth-order valence-corrected chi connectivity index (χ4v) is 3.85. The number of nitrogen functional groups attached to an aromatic ring is 1. The normalized spacial score (nSPS) is 17.9. The number of anilines is 1. The number of nitrogens with zero attached hydrogens (tertiary/aromatic N) is 1. The number of nitrogens with two attached hydrogens (primary N) is 1. The van der Waals surface area contributed by atoms with E-state index in [9.17, 15) is 0 Å². The van der Waals surface area contributed by atoms with Crippen LogP contribution in [-0.4, -0.2) is 5.16 Å². The molecule has 3 nitrogen and oxygen atoms in total. The third-order valence-corrected chi connectivity index (χ3v) is 5.09. The van der Waals surface area contributed by atoms with Gasteiger partial charge in [0.1, 0.15) is 0 Å². The SMILES string of the molecule is CC1(c2noc(N)c2-c2c(Cl)cccc2Cl)CCCCC1. The van der Waals surface area contributed by atoms with Crippen LogP contribution in [0.3, 0.4) is 0 Å². The van der Waals surface area contributed by atoms with Crippen LogP contribution in [0, 0.1) is 0 Å². The summed E-state index contributed by atoms with van der Waals surface area (Å²) in [5.74, 6) is 0.284. The summed E-state index contributed by atoms with van der Waals surface area (Å²) in [6, 6.07) is 5.43. The van der Waals surface area contributed by atoms with Crippen molar-refractivity contribution in [3.8, 4) is 11.1 Å². The Bertz CT molecular complexity index is 640. The van der Waals surface area contributed by atoms with E-state index in [2.05, 4.69) is 12.1 Å². The second-order valence-electron chi connectivity index (χ2n) is 5.99. The van der Waals surface area contributed by atoms with Crippen LogP contribution in [0.25, 0.3) is 11.1 Å². The molecule has 0 unspecified atom stereocenters. The van der Waals surface area contributed by atoms with Crippen LogP contribution in [0.5, 0.6) is 0 Å². The Morgan fingerprint density at radius 2 is 1.71 bits per heavy atom. The lowest BCUT2D eigenvalue weighted by atomic mass is 9.72. The Labute approximate surface area is 134 Å². The van der Waals surface area contributed by atoms with Crippen LogP contribution in [0.4, 0.5) is 5.88 Å². The highest BCUT2D eigenvalue weighted by molar-refractivity contribution is 6.39. The van der Waals surface area contributed by atoms with Crippen LogP contribution in [0.15, 0.2) is 22.7 Å². The van der Waals surface area contributed by atoms with Crippen LogP contribution >= 0.6 is 23.2 Å². The molecule has 21 heavy (non-hydrogen) atoms. The minimum Gasteiger partial charge on any atom is -0.367 e. The molecule has 112 valence electrons. The van der Waals surface area contributed by atoms with Crippen molar-refractivity contribution in [2.24, 2.45) is 0 Å². The van der Waals surface area contributed by atoms with E-state index in [0.29, 0.717) is 10.0 Å². The molecule has 0 bridgehead atoms. The quantitative estimate of drug-likeness (QED) is 0.798. The number of halogens is 2. The average Bonchev–Trinajstić information content (AvgIpc) is 2.82. The molecule has 1 aromatic carbocycles. The monoisotopic (exact) mass is 324 g/mol. The highest BCUT2D eigenvalue weighted by Gasteiger charge is 2.36. The van der Waals surface area contributed by atoms with Crippen molar-refractivity contribution < 1.29 is 4.52 Å². The molecule has 2 aromatic rings. The van der Waals surface area contributed by atoms with Crippen LogP contribution in [0.2, 0.25) is 10.0 Å². The fraction of sp³-hybridized carbons (Fsp3) is 0.438. The van der Waals surface area contributed by atoms with Crippen molar-refractivity contribution in [3.63, 3.8) is 0 Å². The maximum atomic E-state index is 6.34. The number of hydrogen-bond acceptors (Lipinski definition) is 3. The standard InChI is InChI=1S/C16H18Cl2N2O/c1-16(8-3-2-4-9-16)14-13(15(19)21-20-14)12-10(17)6-5-7-11(12)18/h5-7H,2-4,8-9,19H2,1H3. The summed E-state index contributed by atoms with van der Waals surface area (Å²) in [5, 5.41) is 5.39. The first-order valence-electron chi connectivity index (χ1n) is 7.23. The Morgan fingerprint density at radius 1 is 1.10 bits per heavy atom. The van der Waals surface area contributed by atoms with Gasteiger partial charge in [-0.1, -0.05) is 60.6 Å². The lowest BCUT2D eigenvalue weighted by Gasteiger charge is -2.32. The molecule has 0 atom stereocenters. The van der Waals surface area contributed by atoms with Crippen molar-refractivity contribution in [2.45, 2.75) is 44.4 Å². The van der Waals surface area contributed by atoms with E-state index in [4.69, 9.17) is 33.5 Å². The van der Waals surface area contributed by atoms with Crippen molar-refractivity contribution in [3.05, 3.63) is 33.9 Å². The van der Waals surface area contributed by atoms with Crippen molar-refractivity contribution >= 4 is 29.1 Å². The van der Waals surface area contributed by atoms with Crippen molar-refractivity contribution in [1.29, 1.82) is 0 Å². The molecule has 5 heteroatoms. The van der Waals surface area contributed by atoms with Gasteiger partial charge in [-0.25, -0.2) is 0 Å². The number of hydrogen-bond donors (Lipinski definition) is 1. The maximum Gasteiger partial charge on any atom is 0.230 e. The topological polar surface area (TPSA) is 52.0 Å². The van der Waals surface area contributed by atoms with Gasteiger partial charge >= 0.3 is 0 Å². The summed E-state index contributed by atoms with van der Waals surface area (Å²) in [7, 11) is 0. The van der Waals surface area contributed by atoms with E-state index < -0.39 is 0 Å². The summed E-state index contributed by atoms with van der Waals surface area (Å²) < 4.78 is 5.29. The second-order valence-corrected chi connectivity index (χ2v) is 6.80. The van der Waals surface area contributed by atoms with Crippen LogP contribution in [0.1, 0.15) is 44.7 Å². The van der Waals surface area contributed by atoms with Crippen LogP contribution in [-0.2, 0) is 5.41 Å². The molecule has 0 aliphatic heterocycles. The molecule has 1 aliphatic carbocycles. The summed E-state index contributed by atoms with van der Waals surface area (Å²) >= 11 is 12.7. The molecule has 3 rings (SSSR count). The molecular formula is C16H18Cl2N2O. The van der Waals surface area contributed by atoms with E-state index in [-0.39, 0.29) is 11.3 Å². The first-order chi connectivity index (χ1) is 10.0. The number of rotatable bonds is 2. The van der Waals surface area contributed by atoms with E-state index in [1.165, 1.54) is 19.3 Å². The largest absolute Gasteiger partial charge is 0.367 e. The molecule has 1 fully saturated rings. The van der Waals surface area contributed by atoms with E-state index in [1.54, 1.807) is 0 Å². The van der Waals surface area contributed by atoms with Gasteiger partial charge in [-0.05, 0) is 25.0 Å². The van der Waals surface area contributed by atoms with Gasteiger partial charge in [0.05, 0.1) is 21.3 Å². The van der Waals surface area contributed by atoms with Gasteiger partial charge in [-0.15, -0.1) is 0 Å². The first-order valence-corrected chi connectivity index (χ1v) is 7.98. The molecular weight excluding hydrogens is 307 g/mol. The van der Waals surface area contributed by atoms with Gasteiger partial charge in [0.25, 0.3) is 0 Å². The third-order valence-electron chi connectivity index (χ3n) is 4.46. The molecule has 1 aromatic heterocycles. The predicted molar refractivity (Wildman–Crippen MR) is 86.8 cm³/mol. The highest BCUT2D eigenvalue weighted by Crippen LogP contribution is 2.47. The molecule has 1 aliphatic rings. The Morgan fingerprint density at radius 3 is 2.33 bits per heavy atom.